The van der Waals surface area contributed by atoms with E-state index in [1.807, 2.05) is 98.3 Å². The molecule has 8 aromatic heterocycles. The van der Waals surface area contributed by atoms with Crippen molar-refractivity contribution < 1.29 is 48.2 Å². The summed E-state index contributed by atoms with van der Waals surface area (Å²) in [5, 5.41) is 8.64. The van der Waals surface area contributed by atoms with Crippen molar-refractivity contribution in [3.8, 4) is 5.88 Å². The number of pyridine rings is 8. The van der Waals surface area contributed by atoms with E-state index < -0.39 is 11.6 Å². The van der Waals surface area contributed by atoms with E-state index in [9.17, 15) is 18.4 Å². The van der Waals surface area contributed by atoms with Crippen molar-refractivity contribution in [1.29, 1.82) is 0 Å². The van der Waals surface area contributed by atoms with Crippen LogP contribution in [0.3, 0.4) is 0 Å². The Morgan fingerprint density at radius 3 is 1.46 bits per heavy atom. The maximum absolute atomic E-state index is 14.7. The number of piperidine rings is 2. The Morgan fingerprint density at radius 2 is 1.05 bits per heavy atom. The van der Waals surface area contributed by atoms with Crippen molar-refractivity contribution in [2.75, 3.05) is 50.2 Å². The molecule has 0 spiro atoms. The molecule has 0 N–H and O–H groups in total. The molecule has 4 aliphatic rings. The summed E-state index contributed by atoms with van der Waals surface area (Å²) in [7, 11) is 2.14. The number of aromatic nitrogens is 8. The minimum atomic E-state index is -0.667. The second kappa shape index (κ2) is 27.0. The van der Waals surface area contributed by atoms with Gasteiger partial charge in [-0.1, -0.05) is 11.6 Å². The zero-order valence-corrected chi connectivity index (χ0v) is 50.8. The molecule has 2 atom stereocenters. The van der Waals surface area contributed by atoms with Gasteiger partial charge >= 0.3 is 29.6 Å². The van der Waals surface area contributed by atoms with E-state index in [1.165, 1.54) is 19.2 Å². The third-order valence-corrected chi connectivity index (χ3v) is 16.1. The molecule has 16 nitrogen and oxygen atoms in total. The fourth-order valence-electron chi connectivity index (χ4n) is 11.4. The second-order valence-corrected chi connectivity index (χ2v) is 22.3. The van der Waals surface area contributed by atoms with Crippen LogP contribution in [-0.2, 0) is 26.2 Å². The number of halogens is 3. The summed E-state index contributed by atoms with van der Waals surface area (Å²) in [6.45, 7) is 13.9. The van der Waals surface area contributed by atoms with Crippen molar-refractivity contribution in [3.63, 3.8) is 0 Å². The van der Waals surface area contributed by atoms with Gasteiger partial charge < -0.3 is 28.8 Å². The number of anilines is 2. The van der Waals surface area contributed by atoms with Gasteiger partial charge in [0, 0.05) is 135 Å². The van der Waals surface area contributed by atoms with Crippen LogP contribution < -0.4 is 60.1 Å². The van der Waals surface area contributed by atoms with Crippen LogP contribution in [0.4, 0.5) is 20.2 Å². The average molecular weight is 1140 g/mol. The Balaban J connectivity index is 0.000000190. The molecule has 12 rings (SSSR count). The molecular weight excluding hydrogens is 1070 g/mol. The minimum absolute atomic E-state index is 0. The van der Waals surface area contributed by atoms with Gasteiger partial charge in [0.1, 0.15) is 11.3 Å². The molecule has 10 heterocycles. The first kappa shape index (κ1) is 60.3. The van der Waals surface area contributed by atoms with Crippen LogP contribution in [0.15, 0.2) is 107 Å². The number of aryl methyl sites for hydroxylation is 4. The van der Waals surface area contributed by atoms with E-state index in [-0.39, 0.29) is 81.0 Å². The molecule has 0 unspecified atom stereocenters. The van der Waals surface area contributed by atoms with Gasteiger partial charge in [0.05, 0.1) is 41.7 Å². The number of ether oxygens (including phenoxy) is 1. The molecule has 4 fully saturated rings. The standard InChI is InChI=1S/C31H35FN6O2.C30H32ClFN6O.CH3O.Na/c1-20-6-7-25(15-34-20)36-12-4-5-26(19-36)37(16-22-10-11-33-21(2)13-22)17-23-18-38(24-8-9-24)30-27(29(23)39)14-28(32)31(35-30)40-3;1-19-5-6-24(14-34-19)36-11-3-4-25(18-36)37(15-21-9-10-33-20(2)12-21)16-22-17-38(23-7-8-23)30-26(28(22)39)13-27(32)29(31)35-30;1-2;/h6-7,10-11,13-15,18,24,26H,4-5,8-9,12,16-17,19H2,1-3H3;5-6,9-10,12-14,17,23,25H,3-4,7-8,11,15-16,18H2,1-2H3;1H3;/q;;-1;+1/t26-;25-;;/m00../s1. The SMILES string of the molecule is COc1nc2c(cc1F)c(=O)c(CN(Cc1ccnc(C)c1)[C@H]1CCCN(c3ccc(C)nc3)C1)cn2C1CC1.C[O-].Cc1ccc(N2CCC[C@H](N(Cc3ccnc(C)c3)Cc3cn(C4CC4)c4nc(Cl)c(F)cc4c3=O)C2)cn1.[Na+]. The summed E-state index contributed by atoms with van der Waals surface area (Å²) in [6, 6.07) is 20.1. The van der Waals surface area contributed by atoms with E-state index in [0.717, 1.165) is 130 Å². The van der Waals surface area contributed by atoms with Crippen molar-refractivity contribution >= 4 is 45.0 Å². The average Bonchev–Trinajstić information content (AvgIpc) is 4.62. The zero-order valence-electron chi connectivity index (χ0n) is 48.0. The predicted molar refractivity (Wildman–Crippen MR) is 311 cm³/mol. The molecular formula is C62H70ClF2N12NaO4. The number of hydrogen-bond donors (Lipinski definition) is 0. The van der Waals surface area contributed by atoms with Gasteiger partial charge in [0.2, 0.25) is 0 Å². The first-order valence-corrected chi connectivity index (χ1v) is 28.4. The second-order valence-electron chi connectivity index (χ2n) is 21.9. The number of rotatable bonds is 15. The number of nitrogens with zero attached hydrogens (tertiary/aromatic N) is 12. The fraction of sp³-hybridized carbons (Fsp3) is 0.419. The van der Waals surface area contributed by atoms with Gasteiger partial charge in [-0.15, -0.1) is 0 Å². The molecule has 2 saturated heterocycles. The summed E-state index contributed by atoms with van der Waals surface area (Å²) < 4.78 is 38.4. The van der Waals surface area contributed by atoms with Crippen LogP contribution in [0.2, 0.25) is 5.15 Å². The first-order chi connectivity index (χ1) is 39.2. The third-order valence-electron chi connectivity index (χ3n) is 15.9. The van der Waals surface area contributed by atoms with Crippen molar-refractivity contribution in [1.82, 2.24) is 48.8 Å². The molecule has 0 amide bonds. The van der Waals surface area contributed by atoms with Gasteiger partial charge in [0.15, 0.2) is 27.6 Å². The molecule has 0 radical (unpaired) electrons. The van der Waals surface area contributed by atoms with E-state index >= 15 is 0 Å². The summed E-state index contributed by atoms with van der Waals surface area (Å²) in [5.41, 5.74) is 10.4. The minimum Gasteiger partial charge on any atom is -0.857 e. The van der Waals surface area contributed by atoms with Gasteiger partial charge in [0.25, 0.3) is 5.88 Å². The van der Waals surface area contributed by atoms with Crippen molar-refractivity contribution in [2.24, 2.45) is 0 Å². The molecule has 2 aliphatic heterocycles. The normalized spacial score (nSPS) is 17.1. The maximum atomic E-state index is 14.7. The molecule has 20 heteroatoms. The predicted octanol–water partition coefficient (Wildman–Crippen LogP) is 6.54. The van der Waals surface area contributed by atoms with Crippen molar-refractivity contribution in [3.05, 3.63) is 180 Å². The van der Waals surface area contributed by atoms with E-state index in [4.69, 9.17) is 21.4 Å². The zero-order chi connectivity index (χ0) is 56.9. The Kier molecular flexibility index (Phi) is 19.9. The van der Waals surface area contributed by atoms with Crippen LogP contribution in [0.25, 0.3) is 22.1 Å². The third kappa shape index (κ3) is 14.2. The van der Waals surface area contributed by atoms with Crippen molar-refractivity contribution in [2.45, 2.75) is 129 Å². The van der Waals surface area contributed by atoms with Gasteiger partial charge in [-0.05, 0) is 151 Å². The summed E-state index contributed by atoms with van der Waals surface area (Å²) >= 11 is 6.01. The van der Waals surface area contributed by atoms with Gasteiger partial charge in [-0.25, -0.2) is 13.8 Å². The van der Waals surface area contributed by atoms with Crippen LogP contribution in [-0.4, -0.2) is 101 Å². The number of hydrogen-bond acceptors (Lipinski definition) is 14. The van der Waals surface area contributed by atoms with Crippen LogP contribution in [0.5, 0.6) is 5.88 Å². The molecule has 2 saturated carbocycles. The monoisotopic (exact) mass is 1140 g/mol. The van der Waals surface area contributed by atoms with E-state index in [2.05, 4.69) is 73.8 Å². The molecule has 0 aromatic carbocycles. The topological polar surface area (TPSA) is 167 Å². The van der Waals surface area contributed by atoms with E-state index in [0.29, 0.717) is 54.0 Å². The first-order valence-electron chi connectivity index (χ1n) is 28.0. The smallest absolute Gasteiger partial charge is 0.857 e. The van der Waals surface area contributed by atoms with Gasteiger partial charge in [-0.3, -0.25) is 39.3 Å². The molecule has 424 valence electrons. The molecule has 8 aromatic rings. The molecule has 0 bridgehead atoms. The number of fused-ring (bicyclic) bond motifs is 2. The van der Waals surface area contributed by atoms with Gasteiger partial charge in [-0.2, -0.15) is 12.1 Å². The summed E-state index contributed by atoms with van der Waals surface area (Å²) in [5.74, 6) is -1.37. The Morgan fingerprint density at radius 1 is 0.598 bits per heavy atom. The summed E-state index contributed by atoms with van der Waals surface area (Å²) in [6.07, 6.45) is 19.6. The number of methoxy groups -OCH3 is 1. The molecule has 2 aliphatic carbocycles. The Hall–Kier alpha value is -6.25. The maximum Gasteiger partial charge on any atom is 1.00 e. The quantitative estimate of drug-likeness (QED) is 0.0803. The summed E-state index contributed by atoms with van der Waals surface area (Å²) in [4.78, 5) is 63.5. The van der Waals surface area contributed by atoms with Crippen LogP contribution in [0, 0.1) is 39.3 Å². The van der Waals surface area contributed by atoms with Crippen LogP contribution >= 0.6 is 11.6 Å². The Bertz CT molecular complexity index is 3640. The Labute approximate surface area is 504 Å². The molecule has 82 heavy (non-hydrogen) atoms. The van der Waals surface area contributed by atoms with Crippen LogP contribution in [0.1, 0.15) is 108 Å². The van der Waals surface area contributed by atoms with E-state index in [1.54, 1.807) is 0 Å². The largest absolute Gasteiger partial charge is 1.00 e. The fourth-order valence-corrected chi connectivity index (χ4v) is 11.5.